The van der Waals surface area contributed by atoms with E-state index in [4.69, 9.17) is 0 Å². The van der Waals surface area contributed by atoms with Crippen molar-refractivity contribution in [1.29, 1.82) is 0 Å². The lowest BCUT2D eigenvalue weighted by atomic mass is 10.2. The Morgan fingerprint density at radius 2 is 1.92 bits per heavy atom. The third kappa shape index (κ3) is 1.62. The van der Waals surface area contributed by atoms with Gasteiger partial charge in [0, 0.05) is 17.6 Å². The van der Waals surface area contributed by atoms with E-state index in [0.717, 1.165) is 17.6 Å². The molecule has 1 aromatic carbocycles. The Bertz CT molecular complexity index is 381. The molecule has 0 saturated heterocycles. The molecule has 2 rings (SSSR count). The van der Waals surface area contributed by atoms with Crippen LogP contribution < -0.4 is 5.30 Å². The van der Waals surface area contributed by atoms with Crippen molar-refractivity contribution in [3.63, 3.8) is 0 Å². The number of rotatable bonds is 1. The van der Waals surface area contributed by atoms with Crippen LogP contribution in [0.2, 0.25) is 0 Å². The molecule has 0 fully saturated rings. The molecule has 2 heteroatoms. The molecule has 0 spiro atoms. The van der Waals surface area contributed by atoms with Gasteiger partial charge in [-0.15, -0.1) is 0 Å². The molecule has 1 aliphatic rings. The van der Waals surface area contributed by atoms with E-state index in [1.807, 2.05) is 43.3 Å². The molecule has 0 unspecified atom stereocenters. The number of hydrogen-bond acceptors (Lipinski definition) is 1. The van der Waals surface area contributed by atoms with Crippen LogP contribution in [-0.2, 0) is 4.57 Å². The van der Waals surface area contributed by atoms with Crippen LogP contribution in [0.1, 0.15) is 5.56 Å². The summed E-state index contributed by atoms with van der Waals surface area (Å²) in [5.74, 6) is 0. The molecule has 0 N–H and O–H groups in total. The van der Waals surface area contributed by atoms with Crippen LogP contribution in [0, 0.1) is 6.92 Å². The summed E-state index contributed by atoms with van der Waals surface area (Å²) in [7, 11) is -2.06. The summed E-state index contributed by atoms with van der Waals surface area (Å²) in [5, 5.41) is 1.04. The zero-order valence-corrected chi connectivity index (χ0v) is 8.63. The second kappa shape index (κ2) is 3.16. The molecule has 1 heterocycles. The van der Waals surface area contributed by atoms with Crippen LogP contribution >= 0.6 is 7.14 Å². The van der Waals surface area contributed by atoms with E-state index in [2.05, 4.69) is 0 Å². The molecule has 0 saturated carbocycles. The van der Waals surface area contributed by atoms with E-state index < -0.39 is 7.14 Å². The number of benzene rings is 1. The van der Waals surface area contributed by atoms with Crippen LogP contribution in [0.3, 0.4) is 0 Å². The average molecular weight is 192 g/mol. The van der Waals surface area contributed by atoms with Gasteiger partial charge in [-0.1, -0.05) is 35.9 Å². The Morgan fingerprint density at radius 1 is 1.23 bits per heavy atom. The third-order valence-corrected chi connectivity index (χ3v) is 5.26. The van der Waals surface area contributed by atoms with Crippen molar-refractivity contribution in [2.45, 2.75) is 6.92 Å². The lowest BCUT2D eigenvalue weighted by Crippen LogP contribution is -2.06. The Labute approximate surface area is 78.9 Å². The second-order valence-electron chi connectivity index (χ2n) is 3.56. The predicted octanol–water partition coefficient (Wildman–Crippen LogP) is 2.55. The molecule has 0 radical (unpaired) electrons. The molecule has 1 nitrogen and oxygen atoms in total. The first-order valence-electron chi connectivity index (χ1n) is 4.51. The summed E-state index contributed by atoms with van der Waals surface area (Å²) in [6.45, 7) is 2.04. The maximum absolute atomic E-state index is 12.3. The maximum Gasteiger partial charge on any atom is 0.122 e. The first-order chi connectivity index (χ1) is 6.21. The highest BCUT2D eigenvalue weighted by molar-refractivity contribution is 7.72. The largest absolute Gasteiger partial charge is 0.318 e. The van der Waals surface area contributed by atoms with Crippen molar-refractivity contribution in [3.8, 4) is 0 Å². The first kappa shape index (κ1) is 8.77. The molecule has 13 heavy (non-hydrogen) atoms. The molecule has 68 valence electrons. The van der Waals surface area contributed by atoms with Gasteiger partial charge in [-0.2, -0.15) is 0 Å². The molecule has 0 aliphatic carbocycles. The topological polar surface area (TPSA) is 17.1 Å². The minimum absolute atomic E-state index is 0.746. The summed E-state index contributed by atoms with van der Waals surface area (Å²) in [6, 6.07) is 8.07. The fraction of sp³-hybridized carbons (Fsp3) is 0.273. The fourth-order valence-corrected chi connectivity index (χ4v) is 4.00. The summed E-state index contributed by atoms with van der Waals surface area (Å²) in [6.07, 6.45) is 5.55. The van der Waals surface area contributed by atoms with Gasteiger partial charge in [0.15, 0.2) is 0 Å². The minimum atomic E-state index is -2.06. The van der Waals surface area contributed by atoms with Gasteiger partial charge in [-0.3, -0.25) is 0 Å². The number of hydrogen-bond donors (Lipinski definition) is 0. The Balaban J connectivity index is 2.41. The Kier molecular flexibility index (Phi) is 2.13. The minimum Gasteiger partial charge on any atom is -0.318 e. The molecular weight excluding hydrogens is 179 g/mol. The summed E-state index contributed by atoms with van der Waals surface area (Å²) in [5.41, 5.74) is 1.19. The molecule has 0 amide bonds. The smallest absolute Gasteiger partial charge is 0.122 e. The predicted molar refractivity (Wildman–Crippen MR) is 57.3 cm³/mol. The molecule has 1 aromatic rings. The van der Waals surface area contributed by atoms with Crippen molar-refractivity contribution in [3.05, 3.63) is 42.0 Å². The lowest BCUT2D eigenvalue weighted by Gasteiger charge is -2.11. The highest BCUT2D eigenvalue weighted by Gasteiger charge is 2.24. The van der Waals surface area contributed by atoms with Gasteiger partial charge in [0.2, 0.25) is 0 Å². The average Bonchev–Trinajstić information content (AvgIpc) is 2.54. The Morgan fingerprint density at radius 3 is 2.54 bits per heavy atom. The quantitative estimate of drug-likeness (QED) is 0.493. The monoisotopic (exact) mass is 192 g/mol. The number of aryl methyl sites for hydroxylation is 1. The highest BCUT2D eigenvalue weighted by Crippen LogP contribution is 2.47. The van der Waals surface area contributed by atoms with Gasteiger partial charge >= 0.3 is 0 Å². The first-order valence-corrected chi connectivity index (χ1v) is 6.59. The molecule has 0 aromatic heterocycles. The summed E-state index contributed by atoms with van der Waals surface area (Å²) in [4.78, 5) is 0. The van der Waals surface area contributed by atoms with Crippen molar-refractivity contribution in [2.24, 2.45) is 0 Å². The van der Waals surface area contributed by atoms with E-state index in [9.17, 15) is 4.57 Å². The van der Waals surface area contributed by atoms with Crippen molar-refractivity contribution < 1.29 is 4.57 Å². The van der Waals surface area contributed by atoms with Crippen LogP contribution in [0.15, 0.2) is 36.4 Å². The van der Waals surface area contributed by atoms with Crippen molar-refractivity contribution >= 4 is 12.4 Å². The molecule has 0 bridgehead atoms. The fourth-order valence-electron chi connectivity index (χ4n) is 1.66. The van der Waals surface area contributed by atoms with Gasteiger partial charge in [0.25, 0.3) is 0 Å². The lowest BCUT2D eigenvalue weighted by molar-refractivity contribution is 0.585. The van der Waals surface area contributed by atoms with Crippen molar-refractivity contribution in [2.75, 3.05) is 12.3 Å². The van der Waals surface area contributed by atoms with Gasteiger partial charge in [0.05, 0.1) is 0 Å². The van der Waals surface area contributed by atoms with Crippen LogP contribution in [0.25, 0.3) is 0 Å². The zero-order valence-electron chi connectivity index (χ0n) is 7.73. The van der Waals surface area contributed by atoms with Gasteiger partial charge < -0.3 is 4.57 Å². The normalized spacial score (nSPS) is 19.2. The molecular formula is C11H13OP. The standard InChI is InChI=1S/C11H13OP/c1-10-5-4-6-11(9-10)13(12)7-2-3-8-13/h2-6,9H,7-8H2,1H3. The van der Waals surface area contributed by atoms with Gasteiger partial charge in [-0.05, 0) is 13.0 Å². The van der Waals surface area contributed by atoms with Crippen LogP contribution in [0.4, 0.5) is 0 Å². The summed E-state index contributed by atoms with van der Waals surface area (Å²) < 4.78 is 12.3. The SMILES string of the molecule is Cc1cccc(P2(=O)CC=CC2)c1. The van der Waals surface area contributed by atoms with E-state index in [0.29, 0.717) is 0 Å². The van der Waals surface area contributed by atoms with E-state index >= 15 is 0 Å². The molecule has 0 atom stereocenters. The zero-order chi connectivity index (χ0) is 9.31. The van der Waals surface area contributed by atoms with E-state index in [-0.39, 0.29) is 0 Å². The Hall–Kier alpha value is -0.810. The van der Waals surface area contributed by atoms with Crippen molar-refractivity contribution in [1.82, 2.24) is 0 Å². The number of allylic oxidation sites excluding steroid dienone is 2. The van der Waals surface area contributed by atoms with Crippen LogP contribution in [-0.4, -0.2) is 12.3 Å². The molecule has 1 aliphatic heterocycles. The third-order valence-electron chi connectivity index (χ3n) is 2.44. The van der Waals surface area contributed by atoms with E-state index in [1.54, 1.807) is 0 Å². The van der Waals surface area contributed by atoms with Crippen LogP contribution in [0.5, 0.6) is 0 Å². The van der Waals surface area contributed by atoms with Gasteiger partial charge in [0.1, 0.15) is 7.14 Å². The summed E-state index contributed by atoms with van der Waals surface area (Å²) >= 11 is 0. The highest BCUT2D eigenvalue weighted by atomic mass is 31.2. The van der Waals surface area contributed by atoms with E-state index in [1.165, 1.54) is 5.56 Å². The van der Waals surface area contributed by atoms with Gasteiger partial charge in [-0.25, -0.2) is 0 Å². The second-order valence-corrected chi connectivity index (χ2v) is 6.59. The maximum atomic E-state index is 12.3.